The van der Waals surface area contributed by atoms with Gasteiger partial charge in [-0.1, -0.05) is 17.7 Å². The van der Waals surface area contributed by atoms with Crippen molar-refractivity contribution >= 4 is 0 Å². The van der Waals surface area contributed by atoms with E-state index in [1.165, 1.54) is 5.57 Å². The second kappa shape index (κ2) is 9.22. The number of benzene rings is 1. The molecule has 1 saturated heterocycles. The fourth-order valence-electron chi connectivity index (χ4n) is 2.74. The molecule has 1 heterocycles. The Labute approximate surface area is 150 Å². The van der Waals surface area contributed by atoms with E-state index in [1.54, 1.807) is 14.2 Å². The van der Waals surface area contributed by atoms with E-state index >= 15 is 0 Å². The quantitative estimate of drug-likeness (QED) is 0.342. The number of rotatable bonds is 11. The van der Waals surface area contributed by atoms with E-state index in [0.717, 1.165) is 36.3 Å². The summed E-state index contributed by atoms with van der Waals surface area (Å²) in [7, 11) is 3.22. The predicted molar refractivity (Wildman–Crippen MR) is 97.1 cm³/mol. The van der Waals surface area contributed by atoms with Crippen LogP contribution in [0.5, 0.6) is 11.5 Å². The molecule has 0 N–H and O–H groups in total. The highest BCUT2D eigenvalue weighted by Crippen LogP contribution is 2.39. The van der Waals surface area contributed by atoms with Crippen molar-refractivity contribution < 1.29 is 23.7 Å². The summed E-state index contributed by atoms with van der Waals surface area (Å²) in [5, 5.41) is 0. The second-order valence-electron chi connectivity index (χ2n) is 6.84. The minimum Gasteiger partial charge on any atom is -0.467 e. The highest BCUT2D eigenvalue weighted by Gasteiger charge is 2.46. The third-order valence-corrected chi connectivity index (χ3v) is 4.37. The summed E-state index contributed by atoms with van der Waals surface area (Å²) >= 11 is 0. The van der Waals surface area contributed by atoms with Crippen molar-refractivity contribution in [3.05, 3.63) is 35.4 Å². The smallest absolute Gasteiger partial charge is 0.188 e. The van der Waals surface area contributed by atoms with Crippen LogP contribution >= 0.6 is 0 Å². The van der Waals surface area contributed by atoms with Crippen LogP contribution in [0.25, 0.3) is 0 Å². The van der Waals surface area contributed by atoms with Crippen LogP contribution in [0.1, 0.15) is 39.2 Å². The molecule has 25 heavy (non-hydrogen) atoms. The largest absolute Gasteiger partial charge is 0.467 e. The SMILES string of the molecule is COCOc1cccc(OCOC)c1CC=C(C)CC[C@H]1OC1(C)C. The maximum Gasteiger partial charge on any atom is 0.188 e. The first-order valence-electron chi connectivity index (χ1n) is 8.66. The molecular weight excluding hydrogens is 320 g/mol. The fraction of sp³-hybridized carbons (Fsp3) is 0.600. The minimum absolute atomic E-state index is 0.0576. The molecular formula is C20H30O5. The molecule has 1 fully saturated rings. The molecule has 1 aromatic carbocycles. The highest BCUT2D eigenvalue weighted by atomic mass is 16.7. The molecule has 0 bridgehead atoms. The Morgan fingerprint density at radius 3 is 2.16 bits per heavy atom. The van der Waals surface area contributed by atoms with Gasteiger partial charge in [-0.25, -0.2) is 0 Å². The predicted octanol–water partition coefficient (Wildman–Crippen LogP) is 4.10. The number of hydrogen-bond acceptors (Lipinski definition) is 5. The molecule has 5 nitrogen and oxygen atoms in total. The second-order valence-corrected chi connectivity index (χ2v) is 6.84. The van der Waals surface area contributed by atoms with Crippen molar-refractivity contribution in [3.8, 4) is 11.5 Å². The summed E-state index contributed by atoms with van der Waals surface area (Å²) in [6, 6.07) is 5.76. The Morgan fingerprint density at radius 2 is 1.68 bits per heavy atom. The van der Waals surface area contributed by atoms with Crippen molar-refractivity contribution in [2.24, 2.45) is 0 Å². The fourth-order valence-corrected chi connectivity index (χ4v) is 2.74. The first-order valence-corrected chi connectivity index (χ1v) is 8.66. The Bertz CT molecular complexity index is 553. The van der Waals surface area contributed by atoms with Crippen LogP contribution in [0.4, 0.5) is 0 Å². The molecule has 0 saturated carbocycles. The Kier molecular flexibility index (Phi) is 7.29. The lowest BCUT2D eigenvalue weighted by molar-refractivity contribution is 0.0448. The van der Waals surface area contributed by atoms with Crippen molar-refractivity contribution in [2.75, 3.05) is 27.8 Å². The molecule has 1 aliphatic rings. The monoisotopic (exact) mass is 350 g/mol. The molecule has 1 aliphatic heterocycles. The number of epoxide rings is 1. The standard InChI is InChI=1S/C20H30O5/c1-15(10-12-19-20(2,3)25-19)9-11-16-17(23-13-21-4)7-6-8-18(16)24-14-22-5/h6-9,19H,10-14H2,1-5H3/t19-/m1/s1. The Morgan fingerprint density at radius 1 is 1.12 bits per heavy atom. The van der Waals surface area contributed by atoms with Gasteiger partial charge in [-0.2, -0.15) is 0 Å². The van der Waals surface area contributed by atoms with E-state index in [1.807, 2.05) is 18.2 Å². The number of ether oxygens (including phenoxy) is 5. The number of hydrogen-bond donors (Lipinski definition) is 0. The van der Waals surface area contributed by atoms with Crippen LogP contribution in [0.3, 0.4) is 0 Å². The van der Waals surface area contributed by atoms with Gasteiger partial charge in [0, 0.05) is 19.8 Å². The molecule has 2 rings (SSSR count). The summed E-state index contributed by atoms with van der Waals surface area (Å²) in [5.74, 6) is 1.54. The average Bonchev–Trinajstić information content (AvgIpc) is 3.21. The summed E-state index contributed by atoms with van der Waals surface area (Å²) in [6.07, 6.45) is 5.44. The van der Waals surface area contributed by atoms with Crippen LogP contribution < -0.4 is 9.47 Å². The van der Waals surface area contributed by atoms with Crippen molar-refractivity contribution in [3.63, 3.8) is 0 Å². The summed E-state index contributed by atoms with van der Waals surface area (Å²) in [6.45, 7) is 6.85. The summed E-state index contributed by atoms with van der Waals surface area (Å²) < 4.78 is 27.1. The van der Waals surface area contributed by atoms with E-state index in [0.29, 0.717) is 6.10 Å². The third kappa shape index (κ3) is 6.03. The number of methoxy groups -OCH3 is 2. The molecule has 0 aromatic heterocycles. The first-order chi connectivity index (χ1) is 12.0. The van der Waals surface area contributed by atoms with Gasteiger partial charge in [0.1, 0.15) is 11.5 Å². The van der Waals surface area contributed by atoms with Crippen LogP contribution in [-0.4, -0.2) is 39.5 Å². The van der Waals surface area contributed by atoms with E-state index in [-0.39, 0.29) is 19.2 Å². The van der Waals surface area contributed by atoms with E-state index in [2.05, 4.69) is 26.8 Å². The third-order valence-electron chi connectivity index (χ3n) is 4.37. The zero-order valence-corrected chi connectivity index (χ0v) is 16.0. The summed E-state index contributed by atoms with van der Waals surface area (Å²) in [4.78, 5) is 0. The lowest BCUT2D eigenvalue weighted by Gasteiger charge is -2.15. The molecule has 0 spiro atoms. The van der Waals surface area contributed by atoms with Gasteiger partial charge < -0.3 is 23.7 Å². The maximum absolute atomic E-state index is 5.68. The molecule has 1 atom stereocenters. The first kappa shape index (κ1) is 19.8. The zero-order chi connectivity index (χ0) is 18.3. The van der Waals surface area contributed by atoms with Gasteiger partial charge >= 0.3 is 0 Å². The van der Waals surface area contributed by atoms with Crippen molar-refractivity contribution in [2.45, 2.75) is 51.7 Å². The molecule has 0 radical (unpaired) electrons. The van der Waals surface area contributed by atoms with Crippen LogP contribution in [-0.2, 0) is 20.6 Å². The normalized spacial score (nSPS) is 18.9. The van der Waals surface area contributed by atoms with Crippen molar-refractivity contribution in [1.82, 2.24) is 0 Å². The Balaban J connectivity index is 2.02. The van der Waals surface area contributed by atoms with Gasteiger partial charge in [0.2, 0.25) is 0 Å². The van der Waals surface area contributed by atoms with Gasteiger partial charge in [0.05, 0.1) is 11.7 Å². The molecule has 0 aliphatic carbocycles. The topological polar surface area (TPSA) is 49.5 Å². The van der Waals surface area contributed by atoms with E-state index in [4.69, 9.17) is 23.7 Å². The van der Waals surface area contributed by atoms with Gasteiger partial charge in [0.25, 0.3) is 0 Å². The molecule has 5 heteroatoms. The van der Waals surface area contributed by atoms with Crippen LogP contribution in [0.2, 0.25) is 0 Å². The lowest BCUT2D eigenvalue weighted by atomic mass is 10.0. The van der Waals surface area contributed by atoms with Crippen molar-refractivity contribution in [1.29, 1.82) is 0 Å². The molecule has 1 aromatic rings. The molecule has 140 valence electrons. The summed E-state index contributed by atoms with van der Waals surface area (Å²) in [5.41, 5.74) is 2.40. The minimum atomic E-state index is 0.0576. The zero-order valence-electron chi connectivity index (χ0n) is 16.0. The highest BCUT2D eigenvalue weighted by molar-refractivity contribution is 5.46. The Hall–Kier alpha value is -1.56. The van der Waals surface area contributed by atoms with Crippen LogP contribution in [0.15, 0.2) is 29.8 Å². The van der Waals surface area contributed by atoms with Crippen LogP contribution in [0, 0.1) is 0 Å². The number of allylic oxidation sites excluding steroid dienone is 2. The van der Waals surface area contributed by atoms with Gasteiger partial charge in [0.15, 0.2) is 13.6 Å². The van der Waals surface area contributed by atoms with E-state index in [9.17, 15) is 0 Å². The molecule has 0 unspecified atom stereocenters. The van der Waals surface area contributed by atoms with Gasteiger partial charge in [-0.3, -0.25) is 0 Å². The average molecular weight is 350 g/mol. The van der Waals surface area contributed by atoms with E-state index < -0.39 is 0 Å². The van der Waals surface area contributed by atoms with Gasteiger partial charge in [-0.05, 0) is 52.2 Å². The van der Waals surface area contributed by atoms with Gasteiger partial charge in [-0.15, -0.1) is 0 Å². The lowest BCUT2D eigenvalue weighted by Crippen LogP contribution is -2.06. The molecule has 0 amide bonds. The maximum atomic E-state index is 5.68.